The van der Waals surface area contributed by atoms with Crippen LogP contribution < -0.4 is 5.73 Å². The Morgan fingerprint density at radius 2 is 2.25 bits per heavy atom. The number of rotatable bonds is 1. The third-order valence-corrected chi connectivity index (χ3v) is 1.43. The maximum absolute atomic E-state index is 5.37. The van der Waals surface area contributed by atoms with E-state index in [1.54, 1.807) is 12.4 Å². The second kappa shape index (κ2) is 2.65. The Kier molecular flexibility index (Phi) is 1.51. The molecule has 60 valence electrons. The molecule has 2 aromatic rings. The Balaban J connectivity index is 2.45. The van der Waals surface area contributed by atoms with Crippen LogP contribution in [0.2, 0.25) is 0 Å². The number of hydrogen-bond donors (Lipinski definition) is 1. The molecule has 4 nitrogen and oxygen atoms in total. The van der Waals surface area contributed by atoms with E-state index in [1.807, 2.05) is 12.1 Å². The summed E-state index contributed by atoms with van der Waals surface area (Å²) >= 11 is 0. The number of hydrogen-bond acceptors (Lipinski definition) is 4. The van der Waals surface area contributed by atoms with E-state index in [-0.39, 0.29) is 0 Å². The van der Waals surface area contributed by atoms with E-state index in [4.69, 9.17) is 10.2 Å². The first-order valence-corrected chi connectivity index (χ1v) is 3.48. The maximum Gasteiger partial charge on any atom is 0.230 e. The fourth-order valence-corrected chi connectivity index (χ4v) is 0.909. The Bertz CT molecular complexity index is 369. The molecule has 0 amide bonds. The molecule has 2 N–H and O–H groups in total. The van der Waals surface area contributed by atoms with Crippen molar-refractivity contribution in [1.29, 1.82) is 0 Å². The molecular formula is C8H7N3O. The molecule has 0 aliphatic carbocycles. The average molecular weight is 161 g/mol. The maximum atomic E-state index is 5.37. The topological polar surface area (TPSA) is 64.9 Å². The van der Waals surface area contributed by atoms with Crippen molar-refractivity contribution in [2.24, 2.45) is 0 Å². The van der Waals surface area contributed by atoms with E-state index in [9.17, 15) is 0 Å². The molecule has 0 bridgehead atoms. The smallest absolute Gasteiger partial charge is 0.230 e. The van der Waals surface area contributed by atoms with Crippen LogP contribution in [0.5, 0.6) is 0 Å². The SMILES string of the molecule is Nc1cnc(-c2cccnc2)o1. The van der Waals surface area contributed by atoms with Crippen LogP contribution in [0, 0.1) is 0 Å². The van der Waals surface area contributed by atoms with Crippen molar-refractivity contribution in [2.45, 2.75) is 0 Å². The third kappa shape index (κ3) is 1.14. The third-order valence-electron chi connectivity index (χ3n) is 1.43. The van der Waals surface area contributed by atoms with E-state index >= 15 is 0 Å². The van der Waals surface area contributed by atoms with Crippen molar-refractivity contribution in [1.82, 2.24) is 9.97 Å². The van der Waals surface area contributed by atoms with Gasteiger partial charge in [0.25, 0.3) is 0 Å². The minimum atomic E-state index is 0.314. The van der Waals surface area contributed by atoms with Crippen LogP contribution in [0.3, 0.4) is 0 Å². The molecule has 12 heavy (non-hydrogen) atoms. The van der Waals surface area contributed by atoms with Gasteiger partial charge in [-0.1, -0.05) is 0 Å². The van der Waals surface area contributed by atoms with Gasteiger partial charge in [0.15, 0.2) is 0 Å². The summed E-state index contributed by atoms with van der Waals surface area (Å²) in [7, 11) is 0. The van der Waals surface area contributed by atoms with Crippen molar-refractivity contribution < 1.29 is 4.42 Å². The predicted molar refractivity (Wildman–Crippen MR) is 44.1 cm³/mol. The van der Waals surface area contributed by atoms with Gasteiger partial charge >= 0.3 is 0 Å². The van der Waals surface area contributed by atoms with Crippen LogP contribution in [-0.4, -0.2) is 9.97 Å². The standard InChI is InChI=1S/C8H7N3O/c9-7-5-11-8(12-7)6-2-1-3-10-4-6/h1-5H,9H2. The molecule has 4 heteroatoms. The van der Waals surface area contributed by atoms with Crippen LogP contribution in [-0.2, 0) is 0 Å². The van der Waals surface area contributed by atoms with E-state index in [0.29, 0.717) is 11.8 Å². The lowest BCUT2D eigenvalue weighted by Crippen LogP contribution is -1.78. The largest absolute Gasteiger partial charge is 0.421 e. The molecule has 0 aliphatic rings. The van der Waals surface area contributed by atoms with Gasteiger partial charge < -0.3 is 10.2 Å². The highest BCUT2D eigenvalue weighted by Gasteiger charge is 2.02. The molecule has 0 aliphatic heterocycles. The molecule has 0 radical (unpaired) electrons. The number of nitrogens with zero attached hydrogens (tertiary/aromatic N) is 2. The van der Waals surface area contributed by atoms with E-state index in [0.717, 1.165) is 5.56 Å². The van der Waals surface area contributed by atoms with E-state index in [2.05, 4.69) is 9.97 Å². The lowest BCUT2D eigenvalue weighted by Gasteiger charge is -1.91. The minimum Gasteiger partial charge on any atom is -0.421 e. The first kappa shape index (κ1) is 6.84. The molecule has 2 aromatic heterocycles. The number of nitrogens with two attached hydrogens (primary N) is 1. The average Bonchev–Trinajstić information content (AvgIpc) is 2.54. The fourth-order valence-electron chi connectivity index (χ4n) is 0.909. The second-order valence-electron chi connectivity index (χ2n) is 2.31. The highest BCUT2D eigenvalue weighted by molar-refractivity contribution is 5.52. The first-order valence-electron chi connectivity index (χ1n) is 3.48. The summed E-state index contributed by atoms with van der Waals surface area (Å²) in [5.74, 6) is 0.814. The Labute approximate surface area is 69.1 Å². The van der Waals surface area contributed by atoms with Gasteiger partial charge in [0.2, 0.25) is 11.8 Å². The van der Waals surface area contributed by atoms with Crippen LogP contribution in [0.1, 0.15) is 0 Å². The van der Waals surface area contributed by atoms with Gasteiger partial charge in [-0.15, -0.1) is 0 Å². The molecule has 0 aromatic carbocycles. The van der Waals surface area contributed by atoms with Crippen LogP contribution in [0.4, 0.5) is 5.88 Å². The number of aromatic nitrogens is 2. The van der Waals surface area contributed by atoms with Gasteiger partial charge in [-0.25, -0.2) is 4.98 Å². The van der Waals surface area contributed by atoms with Crippen molar-refractivity contribution >= 4 is 5.88 Å². The molecule has 0 atom stereocenters. The molecule has 2 heterocycles. The highest BCUT2D eigenvalue weighted by atomic mass is 16.4. The normalized spacial score (nSPS) is 10.0. The molecular weight excluding hydrogens is 154 g/mol. The second-order valence-corrected chi connectivity index (χ2v) is 2.31. The molecule has 0 unspecified atom stereocenters. The van der Waals surface area contributed by atoms with Crippen molar-refractivity contribution in [3.63, 3.8) is 0 Å². The Morgan fingerprint density at radius 1 is 1.33 bits per heavy atom. The lowest BCUT2D eigenvalue weighted by molar-refractivity contribution is 0.593. The predicted octanol–water partition coefficient (Wildman–Crippen LogP) is 1.32. The van der Waals surface area contributed by atoms with Crippen molar-refractivity contribution in [2.75, 3.05) is 5.73 Å². The van der Waals surface area contributed by atoms with Gasteiger partial charge in [0.05, 0.1) is 11.8 Å². The molecule has 0 spiro atoms. The van der Waals surface area contributed by atoms with Crippen LogP contribution >= 0.6 is 0 Å². The summed E-state index contributed by atoms with van der Waals surface area (Å²) in [6.07, 6.45) is 4.84. The minimum absolute atomic E-state index is 0.314. The monoisotopic (exact) mass is 161 g/mol. The first-order chi connectivity index (χ1) is 5.86. The number of oxazole rings is 1. The van der Waals surface area contributed by atoms with Crippen LogP contribution in [0.15, 0.2) is 35.1 Å². The van der Waals surface area contributed by atoms with Gasteiger partial charge in [-0.2, -0.15) is 0 Å². The van der Waals surface area contributed by atoms with E-state index in [1.165, 1.54) is 6.20 Å². The van der Waals surface area contributed by atoms with Crippen molar-refractivity contribution in [3.05, 3.63) is 30.7 Å². The Hall–Kier alpha value is -1.84. The van der Waals surface area contributed by atoms with Crippen LogP contribution in [0.25, 0.3) is 11.5 Å². The quantitative estimate of drug-likeness (QED) is 0.685. The molecule has 2 rings (SSSR count). The Morgan fingerprint density at radius 3 is 2.83 bits per heavy atom. The van der Waals surface area contributed by atoms with Crippen molar-refractivity contribution in [3.8, 4) is 11.5 Å². The zero-order valence-electron chi connectivity index (χ0n) is 6.27. The van der Waals surface area contributed by atoms with Gasteiger partial charge in [0, 0.05) is 12.4 Å². The van der Waals surface area contributed by atoms with E-state index < -0.39 is 0 Å². The number of nitrogen functional groups attached to an aromatic ring is 1. The zero-order chi connectivity index (χ0) is 8.39. The molecule has 0 saturated carbocycles. The highest BCUT2D eigenvalue weighted by Crippen LogP contribution is 2.17. The summed E-state index contributed by atoms with van der Waals surface area (Å²) in [5.41, 5.74) is 6.19. The summed E-state index contributed by atoms with van der Waals surface area (Å²) in [5, 5.41) is 0. The fraction of sp³-hybridized carbons (Fsp3) is 0. The number of anilines is 1. The summed E-state index contributed by atoms with van der Waals surface area (Å²) in [4.78, 5) is 7.88. The summed E-state index contributed by atoms with van der Waals surface area (Å²) < 4.78 is 5.10. The lowest BCUT2D eigenvalue weighted by atomic mass is 10.3. The van der Waals surface area contributed by atoms with Gasteiger partial charge in [0.1, 0.15) is 0 Å². The van der Waals surface area contributed by atoms with Gasteiger partial charge in [-0.05, 0) is 12.1 Å². The molecule has 0 saturated heterocycles. The van der Waals surface area contributed by atoms with Gasteiger partial charge in [-0.3, -0.25) is 4.98 Å². The zero-order valence-corrected chi connectivity index (χ0v) is 6.27. The summed E-state index contributed by atoms with van der Waals surface area (Å²) in [6.45, 7) is 0. The summed E-state index contributed by atoms with van der Waals surface area (Å²) in [6, 6.07) is 3.67. The molecule has 0 fully saturated rings. The number of pyridine rings is 1.